The first-order chi connectivity index (χ1) is 9.83. The molecule has 1 saturated carbocycles. The number of aromatic amines is 1. The van der Waals surface area contributed by atoms with Crippen molar-refractivity contribution in [2.24, 2.45) is 0 Å². The zero-order chi connectivity index (χ0) is 13.8. The highest BCUT2D eigenvalue weighted by Gasteiger charge is 2.28. The molecule has 1 amide bonds. The summed E-state index contributed by atoms with van der Waals surface area (Å²) in [5, 5.41) is 13.0. The van der Waals surface area contributed by atoms with Crippen LogP contribution in [0.15, 0.2) is 0 Å². The monoisotopic (exact) mass is 278 g/mol. The highest BCUT2D eigenvalue weighted by molar-refractivity contribution is 5.90. The lowest BCUT2D eigenvalue weighted by molar-refractivity contribution is 0.0941. The van der Waals surface area contributed by atoms with Gasteiger partial charge in [0.1, 0.15) is 5.82 Å². The van der Waals surface area contributed by atoms with Crippen LogP contribution in [-0.4, -0.2) is 65.3 Å². The second kappa shape index (κ2) is 6.32. The highest BCUT2D eigenvalue weighted by Crippen LogP contribution is 2.37. The molecule has 1 aliphatic heterocycles. The third-order valence-corrected chi connectivity index (χ3v) is 3.82. The van der Waals surface area contributed by atoms with Gasteiger partial charge in [-0.3, -0.25) is 9.89 Å². The first-order valence-electron chi connectivity index (χ1n) is 7.46. The van der Waals surface area contributed by atoms with Crippen molar-refractivity contribution in [2.75, 3.05) is 39.3 Å². The summed E-state index contributed by atoms with van der Waals surface area (Å²) in [7, 11) is 0. The minimum atomic E-state index is -0.173. The maximum absolute atomic E-state index is 11.9. The van der Waals surface area contributed by atoms with Crippen molar-refractivity contribution < 1.29 is 4.79 Å². The molecule has 20 heavy (non-hydrogen) atoms. The van der Waals surface area contributed by atoms with E-state index in [1.807, 2.05) is 0 Å². The maximum atomic E-state index is 11.9. The lowest BCUT2D eigenvalue weighted by atomic mass is 10.3. The number of hydrogen-bond donors (Lipinski definition) is 3. The normalized spacial score (nSPS) is 20.0. The predicted molar refractivity (Wildman–Crippen MR) is 74.6 cm³/mol. The van der Waals surface area contributed by atoms with E-state index in [9.17, 15) is 4.79 Å². The lowest BCUT2D eigenvalue weighted by Gasteiger charge is -2.26. The van der Waals surface area contributed by atoms with E-state index in [2.05, 4.69) is 30.7 Å². The van der Waals surface area contributed by atoms with Crippen molar-refractivity contribution in [2.45, 2.75) is 25.2 Å². The maximum Gasteiger partial charge on any atom is 0.290 e. The molecule has 3 N–H and O–H groups in total. The Balaban J connectivity index is 1.35. The fourth-order valence-corrected chi connectivity index (χ4v) is 2.43. The summed E-state index contributed by atoms with van der Waals surface area (Å²) in [6.45, 7) is 6.03. The molecule has 7 nitrogen and oxygen atoms in total. The molecule has 1 aliphatic carbocycles. The fourth-order valence-electron chi connectivity index (χ4n) is 2.43. The second-order valence-electron chi connectivity index (χ2n) is 5.52. The molecule has 2 fully saturated rings. The number of nitrogens with one attached hydrogen (secondary N) is 3. The third-order valence-electron chi connectivity index (χ3n) is 3.82. The van der Waals surface area contributed by atoms with Crippen LogP contribution >= 0.6 is 0 Å². The Hall–Kier alpha value is -1.47. The number of carbonyl (C=O) groups excluding carboxylic acids is 1. The Morgan fingerprint density at radius 3 is 2.90 bits per heavy atom. The van der Waals surface area contributed by atoms with Gasteiger partial charge < -0.3 is 15.5 Å². The predicted octanol–water partition coefficient (Wildman–Crippen LogP) is -0.293. The summed E-state index contributed by atoms with van der Waals surface area (Å²) in [6.07, 6.45) is 3.27. The van der Waals surface area contributed by atoms with E-state index in [4.69, 9.17) is 0 Å². The van der Waals surface area contributed by atoms with Crippen molar-refractivity contribution in [3.05, 3.63) is 11.6 Å². The average molecular weight is 278 g/mol. The number of carbonyl (C=O) groups is 1. The van der Waals surface area contributed by atoms with Gasteiger partial charge in [0.15, 0.2) is 0 Å². The summed E-state index contributed by atoms with van der Waals surface area (Å²) < 4.78 is 0. The molecule has 1 aromatic rings. The van der Waals surface area contributed by atoms with Gasteiger partial charge in [-0.15, -0.1) is 5.10 Å². The quantitative estimate of drug-likeness (QED) is 0.622. The molecule has 1 aromatic heterocycles. The van der Waals surface area contributed by atoms with Crippen molar-refractivity contribution in [3.63, 3.8) is 0 Å². The van der Waals surface area contributed by atoms with Crippen LogP contribution < -0.4 is 10.6 Å². The second-order valence-corrected chi connectivity index (χ2v) is 5.52. The van der Waals surface area contributed by atoms with Crippen molar-refractivity contribution in [1.29, 1.82) is 0 Å². The van der Waals surface area contributed by atoms with Crippen LogP contribution in [0.1, 0.15) is 41.6 Å². The number of H-pyrrole nitrogens is 1. The number of hydrogen-bond acceptors (Lipinski definition) is 5. The van der Waals surface area contributed by atoms with Crippen LogP contribution in [0, 0.1) is 0 Å². The summed E-state index contributed by atoms with van der Waals surface area (Å²) >= 11 is 0. The van der Waals surface area contributed by atoms with Gasteiger partial charge in [0, 0.05) is 38.6 Å². The lowest BCUT2D eigenvalue weighted by Crippen LogP contribution is -2.44. The Labute approximate surface area is 118 Å². The van der Waals surface area contributed by atoms with Crippen LogP contribution in [-0.2, 0) is 0 Å². The van der Waals surface area contributed by atoms with Gasteiger partial charge in [-0.05, 0) is 25.8 Å². The number of nitrogens with zero attached hydrogens (tertiary/aromatic N) is 3. The molecule has 0 radical (unpaired) electrons. The summed E-state index contributed by atoms with van der Waals surface area (Å²) in [6, 6.07) is 0. The Morgan fingerprint density at radius 2 is 2.15 bits per heavy atom. The summed E-state index contributed by atoms with van der Waals surface area (Å²) in [5.74, 6) is 1.45. The molecule has 0 aromatic carbocycles. The Bertz CT molecular complexity index is 449. The molecule has 110 valence electrons. The highest BCUT2D eigenvalue weighted by atomic mass is 16.2. The van der Waals surface area contributed by atoms with Crippen molar-refractivity contribution >= 4 is 5.91 Å². The van der Waals surface area contributed by atoms with Gasteiger partial charge in [0.05, 0.1) is 0 Å². The zero-order valence-electron chi connectivity index (χ0n) is 11.7. The standard InChI is InChI=1S/C13H22N6O/c20-13(12-16-11(17-18-12)10-2-3-10)15-4-1-7-19-8-5-14-6-9-19/h10,14H,1-9H2,(H,15,20)(H,16,17,18). The van der Waals surface area contributed by atoms with E-state index in [0.717, 1.165) is 57.8 Å². The van der Waals surface area contributed by atoms with Crippen LogP contribution in [0.2, 0.25) is 0 Å². The van der Waals surface area contributed by atoms with Crippen LogP contribution in [0.4, 0.5) is 0 Å². The van der Waals surface area contributed by atoms with E-state index < -0.39 is 0 Å². The van der Waals surface area contributed by atoms with Gasteiger partial charge in [-0.1, -0.05) is 0 Å². The topological polar surface area (TPSA) is 85.9 Å². The average Bonchev–Trinajstić information content (AvgIpc) is 3.22. The molecule has 0 unspecified atom stereocenters. The molecule has 2 aliphatic rings. The molecular weight excluding hydrogens is 256 g/mol. The van der Waals surface area contributed by atoms with E-state index in [1.165, 1.54) is 0 Å². The zero-order valence-corrected chi connectivity index (χ0v) is 11.7. The van der Waals surface area contributed by atoms with E-state index in [1.54, 1.807) is 0 Å². The smallest absolute Gasteiger partial charge is 0.290 e. The van der Waals surface area contributed by atoms with Crippen LogP contribution in [0.25, 0.3) is 0 Å². The first-order valence-corrected chi connectivity index (χ1v) is 7.46. The molecular formula is C13H22N6O. The minimum absolute atomic E-state index is 0.173. The third kappa shape index (κ3) is 3.55. The molecule has 2 heterocycles. The van der Waals surface area contributed by atoms with Gasteiger partial charge in [-0.25, -0.2) is 4.98 Å². The number of rotatable bonds is 6. The molecule has 0 atom stereocenters. The van der Waals surface area contributed by atoms with Crippen molar-refractivity contribution in [1.82, 2.24) is 30.7 Å². The number of piperazine rings is 1. The van der Waals surface area contributed by atoms with Crippen LogP contribution in [0.5, 0.6) is 0 Å². The van der Waals surface area contributed by atoms with Crippen LogP contribution in [0.3, 0.4) is 0 Å². The van der Waals surface area contributed by atoms with Gasteiger partial charge in [0.25, 0.3) is 5.91 Å². The van der Waals surface area contributed by atoms with Gasteiger partial charge in [0.2, 0.25) is 5.82 Å². The molecule has 1 saturated heterocycles. The Kier molecular flexibility index (Phi) is 4.27. The number of aromatic nitrogens is 3. The van der Waals surface area contributed by atoms with E-state index in [0.29, 0.717) is 12.5 Å². The minimum Gasteiger partial charge on any atom is -0.349 e. The van der Waals surface area contributed by atoms with E-state index >= 15 is 0 Å². The first kappa shape index (κ1) is 13.5. The van der Waals surface area contributed by atoms with Gasteiger partial charge >= 0.3 is 0 Å². The van der Waals surface area contributed by atoms with Gasteiger partial charge in [-0.2, -0.15) is 0 Å². The molecule has 0 bridgehead atoms. The van der Waals surface area contributed by atoms with Crippen molar-refractivity contribution in [3.8, 4) is 0 Å². The fraction of sp³-hybridized carbons (Fsp3) is 0.769. The van der Waals surface area contributed by atoms with E-state index in [-0.39, 0.29) is 11.7 Å². The Morgan fingerprint density at radius 1 is 1.35 bits per heavy atom. The summed E-state index contributed by atoms with van der Waals surface area (Å²) in [4.78, 5) is 18.5. The number of amides is 1. The molecule has 7 heteroatoms. The molecule has 3 rings (SSSR count). The molecule has 0 spiro atoms. The SMILES string of the molecule is O=C(NCCCN1CCNCC1)c1n[nH]c(C2CC2)n1. The largest absolute Gasteiger partial charge is 0.349 e. The summed E-state index contributed by atoms with van der Waals surface area (Å²) in [5.41, 5.74) is 0.